The minimum absolute atomic E-state index is 0.602. The van der Waals surface area contributed by atoms with E-state index < -0.39 is 0 Å². The molecule has 0 aliphatic carbocycles. The summed E-state index contributed by atoms with van der Waals surface area (Å²) in [6.45, 7) is 0. The Bertz CT molecular complexity index is 534. The molecule has 4 nitrogen and oxygen atoms in total. The first kappa shape index (κ1) is 9.28. The average molecular weight is 198 g/mol. The zero-order chi connectivity index (χ0) is 10.8. The lowest BCUT2D eigenvalue weighted by molar-refractivity contribution is 0.779. The molecule has 0 amide bonds. The third-order valence-corrected chi connectivity index (χ3v) is 2.29. The average Bonchev–Trinajstić information content (AvgIpc) is 2.60. The van der Waals surface area contributed by atoms with Crippen LogP contribution in [0.2, 0.25) is 0 Å². The summed E-state index contributed by atoms with van der Waals surface area (Å²) < 4.78 is 1.61. The molecule has 0 atom stereocenters. The van der Waals surface area contributed by atoms with E-state index in [2.05, 4.69) is 11.2 Å². The van der Waals surface area contributed by atoms with Gasteiger partial charge >= 0.3 is 0 Å². The third kappa shape index (κ3) is 1.55. The highest BCUT2D eigenvalue weighted by Gasteiger charge is 2.07. The molecule has 0 bridgehead atoms. The fraction of sp³-hybridized carbons (Fsp3) is 0.0909. The lowest BCUT2D eigenvalue weighted by atomic mass is 10.1. The van der Waals surface area contributed by atoms with Crippen molar-refractivity contribution in [2.24, 2.45) is 7.05 Å². The number of rotatable bonds is 1. The van der Waals surface area contributed by atoms with Crippen LogP contribution in [0.3, 0.4) is 0 Å². The van der Waals surface area contributed by atoms with Crippen LogP contribution in [0.25, 0.3) is 11.1 Å². The van der Waals surface area contributed by atoms with Crippen molar-refractivity contribution in [2.75, 3.05) is 5.73 Å². The van der Waals surface area contributed by atoms with Crippen molar-refractivity contribution in [3.05, 3.63) is 36.0 Å². The molecule has 0 saturated carbocycles. The van der Waals surface area contributed by atoms with Crippen molar-refractivity contribution < 1.29 is 0 Å². The first-order chi connectivity index (χ1) is 7.22. The summed E-state index contributed by atoms with van der Waals surface area (Å²) in [5.41, 5.74) is 8.24. The van der Waals surface area contributed by atoms with Gasteiger partial charge in [0, 0.05) is 12.6 Å². The van der Waals surface area contributed by atoms with E-state index in [1.807, 2.05) is 12.1 Å². The van der Waals surface area contributed by atoms with Gasteiger partial charge in [-0.2, -0.15) is 10.4 Å². The van der Waals surface area contributed by atoms with Crippen molar-refractivity contribution in [3.8, 4) is 17.2 Å². The molecule has 2 aromatic rings. The number of nitrogens with two attached hydrogens (primary N) is 1. The number of anilines is 1. The quantitative estimate of drug-likeness (QED) is 0.755. The van der Waals surface area contributed by atoms with Gasteiger partial charge in [0.1, 0.15) is 5.82 Å². The molecule has 1 aromatic heterocycles. The van der Waals surface area contributed by atoms with E-state index in [0.717, 1.165) is 11.1 Å². The van der Waals surface area contributed by atoms with Crippen LogP contribution in [0.4, 0.5) is 5.82 Å². The maximum atomic E-state index is 8.78. The number of benzene rings is 1. The number of hydrogen-bond donors (Lipinski definition) is 1. The van der Waals surface area contributed by atoms with E-state index >= 15 is 0 Å². The number of nitrogen functional groups attached to an aromatic ring is 1. The van der Waals surface area contributed by atoms with Crippen molar-refractivity contribution in [3.63, 3.8) is 0 Å². The molecule has 2 N–H and O–H groups in total. The van der Waals surface area contributed by atoms with Gasteiger partial charge in [-0.15, -0.1) is 0 Å². The summed E-state index contributed by atoms with van der Waals surface area (Å²) in [6.07, 6.45) is 1.70. The molecule has 0 aliphatic heterocycles. The van der Waals surface area contributed by atoms with Crippen LogP contribution in [-0.4, -0.2) is 9.78 Å². The number of nitrogens with zero attached hydrogens (tertiary/aromatic N) is 3. The maximum Gasteiger partial charge on any atom is 0.129 e. The summed E-state index contributed by atoms with van der Waals surface area (Å²) in [4.78, 5) is 0. The second-order valence-electron chi connectivity index (χ2n) is 3.26. The first-order valence-corrected chi connectivity index (χ1v) is 4.50. The van der Waals surface area contributed by atoms with Gasteiger partial charge in [0.2, 0.25) is 0 Å². The van der Waals surface area contributed by atoms with Gasteiger partial charge in [-0.05, 0) is 17.7 Å². The van der Waals surface area contributed by atoms with Crippen LogP contribution in [0.5, 0.6) is 0 Å². The van der Waals surface area contributed by atoms with Gasteiger partial charge in [-0.25, -0.2) is 0 Å². The molecule has 0 spiro atoms. The number of aryl methyl sites for hydroxylation is 1. The fourth-order valence-electron chi connectivity index (χ4n) is 1.43. The Morgan fingerprint density at radius 1 is 1.47 bits per heavy atom. The Kier molecular flexibility index (Phi) is 2.14. The van der Waals surface area contributed by atoms with E-state index in [1.54, 1.807) is 30.1 Å². The predicted molar refractivity (Wildman–Crippen MR) is 57.8 cm³/mol. The minimum atomic E-state index is 0.602. The van der Waals surface area contributed by atoms with Gasteiger partial charge in [0.15, 0.2) is 0 Å². The Morgan fingerprint density at radius 3 is 2.87 bits per heavy atom. The van der Waals surface area contributed by atoms with Crippen LogP contribution in [0.15, 0.2) is 30.5 Å². The number of nitriles is 1. The number of aromatic nitrogens is 2. The van der Waals surface area contributed by atoms with E-state index in [-0.39, 0.29) is 0 Å². The Morgan fingerprint density at radius 2 is 2.27 bits per heavy atom. The van der Waals surface area contributed by atoms with E-state index in [4.69, 9.17) is 11.0 Å². The minimum Gasteiger partial charge on any atom is -0.383 e. The fourth-order valence-corrected chi connectivity index (χ4v) is 1.43. The number of hydrogen-bond acceptors (Lipinski definition) is 3. The van der Waals surface area contributed by atoms with E-state index in [0.29, 0.717) is 11.4 Å². The van der Waals surface area contributed by atoms with Crippen molar-refractivity contribution in [1.82, 2.24) is 9.78 Å². The lowest BCUT2D eigenvalue weighted by Crippen LogP contribution is -1.98. The van der Waals surface area contributed by atoms with Crippen molar-refractivity contribution >= 4 is 5.82 Å². The highest BCUT2D eigenvalue weighted by atomic mass is 15.3. The zero-order valence-corrected chi connectivity index (χ0v) is 8.31. The second-order valence-corrected chi connectivity index (χ2v) is 3.26. The molecule has 0 unspecified atom stereocenters. The molecule has 0 aliphatic rings. The first-order valence-electron chi connectivity index (χ1n) is 4.50. The largest absolute Gasteiger partial charge is 0.383 e. The third-order valence-electron chi connectivity index (χ3n) is 2.29. The van der Waals surface area contributed by atoms with Crippen LogP contribution in [0.1, 0.15) is 5.56 Å². The molecular weight excluding hydrogens is 188 g/mol. The van der Waals surface area contributed by atoms with Crippen LogP contribution < -0.4 is 5.73 Å². The Balaban J connectivity index is 2.55. The second kappa shape index (κ2) is 3.46. The molecule has 15 heavy (non-hydrogen) atoms. The zero-order valence-electron chi connectivity index (χ0n) is 8.31. The molecule has 4 heteroatoms. The van der Waals surface area contributed by atoms with Crippen LogP contribution in [0, 0.1) is 11.3 Å². The Hall–Kier alpha value is -2.28. The van der Waals surface area contributed by atoms with E-state index in [1.165, 1.54) is 0 Å². The topological polar surface area (TPSA) is 67.6 Å². The molecule has 0 radical (unpaired) electrons. The Labute approximate surface area is 87.6 Å². The van der Waals surface area contributed by atoms with Gasteiger partial charge in [0.05, 0.1) is 17.8 Å². The van der Waals surface area contributed by atoms with Crippen LogP contribution in [-0.2, 0) is 7.05 Å². The molecular formula is C11H10N4. The lowest BCUT2D eigenvalue weighted by Gasteiger charge is -2.00. The summed E-state index contributed by atoms with van der Waals surface area (Å²) in [7, 11) is 1.78. The maximum absolute atomic E-state index is 8.78. The summed E-state index contributed by atoms with van der Waals surface area (Å²) in [5, 5.41) is 12.8. The van der Waals surface area contributed by atoms with Gasteiger partial charge in [-0.3, -0.25) is 4.68 Å². The van der Waals surface area contributed by atoms with Gasteiger partial charge < -0.3 is 5.73 Å². The normalized spacial score (nSPS) is 9.87. The molecule has 1 aromatic carbocycles. The molecule has 74 valence electrons. The van der Waals surface area contributed by atoms with E-state index in [9.17, 15) is 0 Å². The van der Waals surface area contributed by atoms with Gasteiger partial charge in [0.25, 0.3) is 0 Å². The summed E-state index contributed by atoms with van der Waals surface area (Å²) in [5.74, 6) is 0.602. The molecule has 0 fully saturated rings. The highest BCUT2D eigenvalue weighted by molar-refractivity contribution is 5.74. The molecule has 2 rings (SSSR count). The smallest absolute Gasteiger partial charge is 0.129 e. The van der Waals surface area contributed by atoms with Crippen molar-refractivity contribution in [1.29, 1.82) is 5.26 Å². The summed E-state index contributed by atoms with van der Waals surface area (Å²) >= 11 is 0. The SMILES string of the molecule is Cn1ncc(-c2cccc(C#N)c2)c1N. The standard InChI is InChI=1S/C11H10N4/c1-15-11(13)10(7-14-15)9-4-2-3-8(5-9)6-12/h2-5,7H,13H2,1H3. The van der Waals surface area contributed by atoms with Crippen LogP contribution >= 0.6 is 0 Å². The predicted octanol–water partition coefficient (Wildman–Crippen LogP) is 1.54. The van der Waals surface area contributed by atoms with Crippen molar-refractivity contribution in [2.45, 2.75) is 0 Å². The summed E-state index contributed by atoms with van der Waals surface area (Å²) in [6, 6.07) is 9.40. The monoisotopic (exact) mass is 198 g/mol. The van der Waals surface area contributed by atoms with Gasteiger partial charge in [-0.1, -0.05) is 12.1 Å². The highest BCUT2D eigenvalue weighted by Crippen LogP contribution is 2.25. The molecule has 1 heterocycles. The molecule has 0 saturated heterocycles.